The van der Waals surface area contributed by atoms with Crippen LogP contribution in [0.25, 0.3) is 0 Å². The summed E-state index contributed by atoms with van der Waals surface area (Å²) in [5.74, 6) is 0.187. The maximum absolute atomic E-state index is 11.6. The molecule has 0 saturated heterocycles. The monoisotopic (exact) mass is 226 g/mol. The molecular weight excluding hydrogens is 212 g/mol. The van der Waals surface area contributed by atoms with Gasteiger partial charge < -0.3 is 4.74 Å². The van der Waals surface area contributed by atoms with Gasteiger partial charge in [0.05, 0.1) is 6.10 Å². The van der Waals surface area contributed by atoms with Gasteiger partial charge in [-0.3, -0.25) is 4.79 Å². The number of methoxy groups -OCH3 is 1. The summed E-state index contributed by atoms with van der Waals surface area (Å²) in [4.78, 5) is 11.6. The molecule has 0 aliphatic heterocycles. The van der Waals surface area contributed by atoms with E-state index >= 15 is 0 Å². The molecule has 2 nitrogen and oxygen atoms in total. The molecule has 1 aromatic carbocycles. The molecular formula is C12H15ClO2. The van der Waals surface area contributed by atoms with Crippen molar-refractivity contribution >= 4 is 17.4 Å². The van der Waals surface area contributed by atoms with Crippen molar-refractivity contribution in [3.05, 3.63) is 34.9 Å². The smallest absolute Gasteiger partial charge is 0.139 e. The molecule has 1 unspecified atom stereocenters. The lowest BCUT2D eigenvalue weighted by Gasteiger charge is -2.07. The minimum absolute atomic E-state index is 0.00944. The number of rotatable bonds is 5. The summed E-state index contributed by atoms with van der Waals surface area (Å²) in [6.45, 7) is 1.89. The van der Waals surface area contributed by atoms with E-state index in [0.717, 1.165) is 5.56 Å². The topological polar surface area (TPSA) is 26.3 Å². The molecule has 1 atom stereocenters. The first-order chi connectivity index (χ1) is 7.11. The summed E-state index contributed by atoms with van der Waals surface area (Å²) < 4.78 is 5.04. The lowest BCUT2D eigenvalue weighted by atomic mass is 10.1. The Labute approximate surface area is 95.2 Å². The molecule has 1 rings (SSSR count). The molecule has 0 aliphatic rings. The van der Waals surface area contributed by atoms with Crippen molar-refractivity contribution in [3.63, 3.8) is 0 Å². The molecule has 0 fully saturated rings. The minimum Gasteiger partial charge on any atom is -0.381 e. The van der Waals surface area contributed by atoms with E-state index in [9.17, 15) is 4.79 Å². The average Bonchev–Trinajstić information content (AvgIpc) is 2.21. The third kappa shape index (κ3) is 4.45. The number of hydrogen-bond acceptors (Lipinski definition) is 2. The van der Waals surface area contributed by atoms with Gasteiger partial charge in [-0.2, -0.15) is 0 Å². The highest BCUT2D eigenvalue weighted by Gasteiger charge is 2.08. The van der Waals surface area contributed by atoms with E-state index in [1.807, 2.05) is 19.1 Å². The predicted octanol–water partition coefficient (Wildman–Crippen LogP) is 2.88. The molecule has 0 bridgehead atoms. The van der Waals surface area contributed by atoms with Crippen molar-refractivity contribution in [2.45, 2.75) is 25.9 Å². The Kier molecular flexibility index (Phi) is 4.79. The summed E-state index contributed by atoms with van der Waals surface area (Å²) in [5, 5.41) is 0.691. The Balaban J connectivity index is 2.48. The zero-order valence-electron chi connectivity index (χ0n) is 9.00. The second kappa shape index (κ2) is 5.89. The van der Waals surface area contributed by atoms with Gasteiger partial charge in [0.25, 0.3) is 0 Å². The Morgan fingerprint density at radius 2 is 2.00 bits per heavy atom. The number of Topliss-reactive ketones (excluding diaryl/α,β-unsaturated/α-hetero) is 1. The van der Waals surface area contributed by atoms with Crippen molar-refractivity contribution in [2.24, 2.45) is 0 Å². The third-order valence-electron chi connectivity index (χ3n) is 2.23. The van der Waals surface area contributed by atoms with Crippen LogP contribution in [0.4, 0.5) is 0 Å². The highest BCUT2D eigenvalue weighted by Crippen LogP contribution is 2.11. The quantitative estimate of drug-likeness (QED) is 0.772. The van der Waals surface area contributed by atoms with Gasteiger partial charge in [-0.15, -0.1) is 0 Å². The number of carbonyl (C=O) groups excluding carboxylic acids is 1. The van der Waals surface area contributed by atoms with Crippen LogP contribution in [0.1, 0.15) is 18.9 Å². The van der Waals surface area contributed by atoms with Gasteiger partial charge in [-0.1, -0.05) is 23.7 Å². The second-order valence-corrected chi connectivity index (χ2v) is 4.03. The lowest BCUT2D eigenvalue weighted by Crippen LogP contribution is -2.13. The van der Waals surface area contributed by atoms with Gasteiger partial charge in [-0.25, -0.2) is 0 Å². The first-order valence-electron chi connectivity index (χ1n) is 4.90. The first-order valence-corrected chi connectivity index (χ1v) is 5.28. The van der Waals surface area contributed by atoms with Gasteiger partial charge in [0, 0.05) is 25.0 Å². The number of ketones is 1. The fourth-order valence-corrected chi connectivity index (χ4v) is 1.43. The molecule has 0 spiro atoms. The summed E-state index contributed by atoms with van der Waals surface area (Å²) in [6, 6.07) is 7.34. The van der Waals surface area contributed by atoms with Crippen molar-refractivity contribution in [1.82, 2.24) is 0 Å². The number of halogens is 1. The Hall–Kier alpha value is -0.860. The normalized spacial score (nSPS) is 12.5. The molecule has 1 aromatic rings. The zero-order valence-corrected chi connectivity index (χ0v) is 9.75. The largest absolute Gasteiger partial charge is 0.381 e. The van der Waals surface area contributed by atoms with Crippen molar-refractivity contribution in [1.29, 1.82) is 0 Å². The van der Waals surface area contributed by atoms with Gasteiger partial charge >= 0.3 is 0 Å². The van der Waals surface area contributed by atoms with Gasteiger partial charge in [0.2, 0.25) is 0 Å². The van der Waals surface area contributed by atoms with Crippen LogP contribution in [0.5, 0.6) is 0 Å². The standard InChI is InChI=1S/C12H15ClO2/c1-9(15-2)7-12(14)8-10-3-5-11(13)6-4-10/h3-6,9H,7-8H2,1-2H3. The second-order valence-electron chi connectivity index (χ2n) is 3.59. The lowest BCUT2D eigenvalue weighted by molar-refractivity contribution is -0.120. The van der Waals surface area contributed by atoms with Crippen LogP contribution in [0, 0.1) is 0 Å². The summed E-state index contributed by atoms with van der Waals surface area (Å²) in [7, 11) is 1.61. The van der Waals surface area contributed by atoms with Crippen LogP contribution in [0.15, 0.2) is 24.3 Å². The Morgan fingerprint density at radius 1 is 1.40 bits per heavy atom. The molecule has 3 heteroatoms. The van der Waals surface area contributed by atoms with Crippen LogP contribution in [-0.2, 0) is 16.0 Å². The predicted molar refractivity (Wildman–Crippen MR) is 61.3 cm³/mol. The molecule has 0 aliphatic carbocycles. The van der Waals surface area contributed by atoms with E-state index in [1.54, 1.807) is 19.2 Å². The van der Waals surface area contributed by atoms with E-state index in [2.05, 4.69) is 0 Å². The number of ether oxygens (including phenoxy) is 1. The Morgan fingerprint density at radius 3 is 2.53 bits per heavy atom. The van der Waals surface area contributed by atoms with E-state index in [1.165, 1.54) is 0 Å². The third-order valence-corrected chi connectivity index (χ3v) is 2.48. The molecule has 0 saturated carbocycles. The minimum atomic E-state index is -0.00944. The van der Waals surface area contributed by atoms with Crippen LogP contribution in [0.2, 0.25) is 5.02 Å². The van der Waals surface area contributed by atoms with Crippen LogP contribution < -0.4 is 0 Å². The van der Waals surface area contributed by atoms with E-state index < -0.39 is 0 Å². The number of carbonyl (C=O) groups is 1. The zero-order chi connectivity index (χ0) is 11.3. The highest BCUT2D eigenvalue weighted by molar-refractivity contribution is 6.30. The van der Waals surface area contributed by atoms with Crippen LogP contribution in [-0.4, -0.2) is 19.0 Å². The van der Waals surface area contributed by atoms with Gasteiger partial charge in [0.1, 0.15) is 5.78 Å². The highest BCUT2D eigenvalue weighted by atomic mass is 35.5. The summed E-state index contributed by atoms with van der Waals surface area (Å²) in [6.07, 6.45) is 0.897. The SMILES string of the molecule is COC(C)CC(=O)Cc1ccc(Cl)cc1. The molecule has 0 N–H and O–H groups in total. The van der Waals surface area contributed by atoms with E-state index in [-0.39, 0.29) is 11.9 Å². The number of benzene rings is 1. The molecule has 82 valence electrons. The van der Waals surface area contributed by atoms with Gasteiger partial charge in [0.15, 0.2) is 0 Å². The van der Waals surface area contributed by atoms with Crippen LogP contribution >= 0.6 is 11.6 Å². The summed E-state index contributed by atoms with van der Waals surface area (Å²) >= 11 is 5.75. The molecule has 0 amide bonds. The van der Waals surface area contributed by atoms with E-state index in [0.29, 0.717) is 17.9 Å². The van der Waals surface area contributed by atoms with Crippen molar-refractivity contribution in [3.8, 4) is 0 Å². The van der Waals surface area contributed by atoms with E-state index in [4.69, 9.17) is 16.3 Å². The molecule has 0 radical (unpaired) electrons. The fraction of sp³-hybridized carbons (Fsp3) is 0.417. The molecule has 0 aromatic heterocycles. The van der Waals surface area contributed by atoms with Crippen molar-refractivity contribution < 1.29 is 9.53 Å². The van der Waals surface area contributed by atoms with Crippen molar-refractivity contribution in [2.75, 3.05) is 7.11 Å². The molecule has 0 heterocycles. The van der Waals surface area contributed by atoms with Gasteiger partial charge in [-0.05, 0) is 24.6 Å². The molecule has 15 heavy (non-hydrogen) atoms. The Bertz CT molecular complexity index is 319. The fourth-order valence-electron chi connectivity index (χ4n) is 1.31. The number of hydrogen-bond donors (Lipinski definition) is 0. The first kappa shape index (κ1) is 12.2. The van der Waals surface area contributed by atoms with Crippen LogP contribution in [0.3, 0.4) is 0 Å². The average molecular weight is 227 g/mol. The maximum Gasteiger partial charge on any atom is 0.139 e. The summed E-state index contributed by atoms with van der Waals surface area (Å²) in [5.41, 5.74) is 0.993. The maximum atomic E-state index is 11.6.